The summed E-state index contributed by atoms with van der Waals surface area (Å²) in [6.07, 6.45) is 1.58. The van der Waals surface area contributed by atoms with Gasteiger partial charge < -0.3 is 9.84 Å². The molecule has 0 spiro atoms. The van der Waals surface area contributed by atoms with E-state index in [-0.39, 0.29) is 12.5 Å². The number of methoxy groups -OCH3 is 1. The second kappa shape index (κ2) is 5.90. The Morgan fingerprint density at radius 3 is 2.72 bits per heavy atom. The first-order valence-electron chi connectivity index (χ1n) is 5.97. The molecular formula is C11H20N4O3. The maximum atomic E-state index is 10.9. The molecule has 102 valence electrons. The van der Waals surface area contributed by atoms with Gasteiger partial charge in [0.15, 0.2) is 5.82 Å². The molecule has 0 aromatic carbocycles. The summed E-state index contributed by atoms with van der Waals surface area (Å²) >= 11 is 0. The molecule has 0 saturated heterocycles. The molecule has 7 heteroatoms. The molecule has 0 aliphatic carbocycles. The molecule has 0 fully saturated rings. The van der Waals surface area contributed by atoms with Gasteiger partial charge in [0.05, 0.1) is 12.5 Å². The number of carboxylic acids is 1. The van der Waals surface area contributed by atoms with Crippen molar-refractivity contribution in [2.24, 2.45) is 0 Å². The van der Waals surface area contributed by atoms with E-state index in [4.69, 9.17) is 9.84 Å². The highest BCUT2D eigenvalue weighted by atomic mass is 16.5. The van der Waals surface area contributed by atoms with Gasteiger partial charge in [-0.15, -0.1) is 5.10 Å². The van der Waals surface area contributed by atoms with Gasteiger partial charge >= 0.3 is 5.97 Å². The van der Waals surface area contributed by atoms with Crippen LogP contribution in [0.2, 0.25) is 0 Å². The Morgan fingerprint density at radius 2 is 2.22 bits per heavy atom. The monoisotopic (exact) mass is 256 g/mol. The summed E-state index contributed by atoms with van der Waals surface area (Å²) in [5.41, 5.74) is -0.645. The minimum Gasteiger partial charge on any atom is -0.481 e. The van der Waals surface area contributed by atoms with E-state index >= 15 is 0 Å². The number of nitrogens with zero attached hydrogens (tertiary/aromatic N) is 4. The minimum atomic E-state index is -0.856. The SMILES string of the molecule is CCCC(CC(=O)O)n1nnnc1C(C)(C)OC. The standard InChI is InChI=1S/C11H20N4O3/c1-5-6-8(7-9(16)17)15-10(12-13-14-15)11(2,3)18-4/h8H,5-7H2,1-4H3,(H,16,17). The van der Waals surface area contributed by atoms with Crippen molar-refractivity contribution in [3.05, 3.63) is 5.82 Å². The van der Waals surface area contributed by atoms with Gasteiger partial charge in [-0.25, -0.2) is 4.68 Å². The van der Waals surface area contributed by atoms with Crippen LogP contribution in [0.15, 0.2) is 0 Å². The molecule has 0 amide bonds. The lowest BCUT2D eigenvalue weighted by Gasteiger charge is -2.24. The lowest BCUT2D eigenvalue weighted by atomic mass is 10.1. The van der Waals surface area contributed by atoms with Crippen LogP contribution in [0.3, 0.4) is 0 Å². The first-order valence-corrected chi connectivity index (χ1v) is 5.97. The topological polar surface area (TPSA) is 90.1 Å². The van der Waals surface area contributed by atoms with Crippen LogP contribution in [0.4, 0.5) is 0 Å². The Hall–Kier alpha value is -1.50. The molecule has 0 bridgehead atoms. The van der Waals surface area contributed by atoms with Gasteiger partial charge in [-0.2, -0.15) is 0 Å². The van der Waals surface area contributed by atoms with Gasteiger partial charge in [-0.1, -0.05) is 13.3 Å². The van der Waals surface area contributed by atoms with Crippen molar-refractivity contribution in [2.75, 3.05) is 7.11 Å². The van der Waals surface area contributed by atoms with Gasteiger partial charge in [-0.05, 0) is 30.7 Å². The van der Waals surface area contributed by atoms with E-state index in [1.807, 2.05) is 20.8 Å². The predicted octanol–water partition coefficient (Wildman–Crippen LogP) is 1.37. The zero-order chi connectivity index (χ0) is 13.8. The van der Waals surface area contributed by atoms with Crippen LogP contribution in [0, 0.1) is 0 Å². The van der Waals surface area contributed by atoms with E-state index in [0.29, 0.717) is 12.2 Å². The first kappa shape index (κ1) is 14.6. The maximum Gasteiger partial charge on any atom is 0.305 e. The fraction of sp³-hybridized carbons (Fsp3) is 0.818. The summed E-state index contributed by atoms with van der Waals surface area (Å²) in [6, 6.07) is -0.244. The van der Waals surface area contributed by atoms with Crippen molar-refractivity contribution in [1.29, 1.82) is 0 Å². The normalized spacial score (nSPS) is 13.6. The van der Waals surface area contributed by atoms with E-state index < -0.39 is 11.6 Å². The van der Waals surface area contributed by atoms with Crippen molar-refractivity contribution in [1.82, 2.24) is 20.2 Å². The summed E-state index contributed by atoms with van der Waals surface area (Å²) in [5.74, 6) is -0.310. The van der Waals surface area contributed by atoms with Crippen LogP contribution in [-0.2, 0) is 15.1 Å². The van der Waals surface area contributed by atoms with E-state index in [9.17, 15) is 4.79 Å². The summed E-state index contributed by atoms with van der Waals surface area (Å²) in [5, 5.41) is 20.5. The predicted molar refractivity (Wildman–Crippen MR) is 64.0 cm³/mol. The number of hydrogen-bond acceptors (Lipinski definition) is 5. The van der Waals surface area contributed by atoms with Gasteiger partial charge in [0, 0.05) is 7.11 Å². The summed E-state index contributed by atoms with van der Waals surface area (Å²) in [7, 11) is 1.57. The van der Waals surface area contributed by atoms with Gasteiger partial charge in [-0.3, -0.25) is 4.79 Å². The highest BCUT2D eigenvalue weighted by Crippen LogP contribution is 2.26. The van der Waals surface area contributed by atoms with Crippen LogP contribution < -0.4 is 0 Å². The molecule has 0 saturated carbocycles. The van der Waals surface area contributed by atoms with Gasteiger partial charge in [0.2, 0.25) is 0 Å². The van der Waals surface area contributed by atoms with Crippen LogP contribution in [0.1, 0.15) is 51.9 Å². The van der Waals surface area contributed by atoms with Crippen LogP contribution in [-0.4, -0.2) is 38.4 Å². The molecule has 1 atom stereocenters. The average Bonchev–Trinajstić information content (AvgIpc) is 2.77. The fourth-order valence-corrected chi connectivity index (χ4v) is 1.77. The van der Waals surface area contributed by atoms with Gasteiger partial charge in [0.25, 0.3) is 0 Å². The molecule has 0 aliphatic rings. The average molecular weight is 256 g/mol. The van der Waals surface area contributed by atoms with Crippen molar-refractivity contribution in [3.8, 4) is 0 Å². The van der Waals surface area contributed by atoms with Crippen LogP contribution in [0.5, 0.6) is 0 Å². The number of ether oxygens (including phenoxy) is 1. The highest BCUT2D eigenvalue weighted by molar-refractivity contribution is 5.67. The summed E-state index contributed by atoms with van der Waals surface area (Å²) in [4.78, 5) is 10.9. The number of hydrogen-bond donors (Lipinski definition) is 1. The van der Waals surface area contributed by atoms with E-state index in [1.165, 1.54) is 0 Å². The zero-order valence-electron chi connectivity index (χ0n) is 11.3. The number of aliphatic carboxylic acids is 1. The zero-order valence-corrected chi connectivity index (χ0v) is 11.3. The molecule has 0 radical (unpaired) electrons. The van der Waals surface area contributed by atoms with Crippen LogP contribution >= 0.6 is 0 Å². The lowest BCUT2D eigenvalue weighted by molar-refractivity contribution is -0.138. The molecule has 7 nitrogen and oxygen atoms in total. The molecule has 1 N–H and O–H groups in total. The Kier molecular flexibility index (Phi) is 4.77. The third-order valence-corrected chi connectivity index (χ3v) is 2.92. The molecular weight excluding hydrogens is 236 g/mol. The fourth-order valence-electron chi connectivity index (χ4n) is 1.77. The number of aromatic nitrogens is 4. The Labute approximate surface area is 106 Å². The molecule has 1 aromatic rings. The summed E-state index contributed by atoms with van der Waals surface area (Å²) < 4.78 is 6.92. The largest absolute Gasteiger partial charge is 0.481 e. The smallest absolute Gasteiger partial charge is 0.305 e. The third kappa shape index (κ3) is 3.25. The number of rotatable bonds is 7. The molecule has 1 aromatic heterocycles. The Balaban J connectivity index is 3.05. The molecule has 1 rings (SSSR count). The van der Waals surface area contributed by atoms with E-state index in [0.717, 1.165) is 6.42 Å². The maximum absolute atomic E-state index is 10.9. The molecule has 0 aliphatic heterocycles. The van der Waals surface area contributed by atoms with E-state index in [2.05, 4.69) is 15.5 Å². The number of tetrazole rings is 1. The second-order valence-corrected chi connectivity index (χ2v) is 4.70. The minimum absolute atomic E-state index is 0.00563. The lowest BCUT2D eigenvalue weighted by Crippen LogP contribution is -2.28. The molecule has 18 heavy (non-hydrogen) atoms. The molecule has 1 unspecified atom stereocenters. The van der Waals surface area contributed by atoms with Crippen molar-refractivity contribution in [2.45, 2.75) is 51.7 Å². The Morgan fingerprint density at radius 1 is 1.56 bits per heavy atom. The number of carbonyl (C=O) groups is 1. The quantitative estimate of drug-likeness (QED) is 0.792. The first-order chi connectivity index (χ1) is 8.42. The molecule has 1 heterocycles. The number of carboxylic acid groups (broad SMARTS) is 1. The van der Waals surface area contributed by atoms with Crippen LogP contribution in [0.25, 0.3) is 0 Å². The van der Waals surface area contributed by atoms with Crippen molar-refractivity contribution in [3.63, 3.8) is 0 Å². The second-order valence-electron chi connectivity index (χ2n) is 4.70. The van der Waals surface area contributed by atoms with Gasteiger partial charge in [0.1, 0.15) is 5.60 Å². The Bertz CT molecular complexity index is 403. The van der Waals surface area contributed by atoms with E-state index in [1.54, 1.807) is 11.8 Å². The summed E-state index contributed by atoms with van der Waals surface area (Å²) in [6.45, 7) is 5.69. The highest BCUT2D eigenvalue weighted by Gasteiger charge is 2.30. The van der Waals surface area contributed by atoms with Crippen molar-refractivity contribution < 1.29 is 14.6 Å². The third-order valence-electron chi connectivity index (χ3n) is 2.92. The van der Waals surface area contributed by atoms with Crippen molar-refractivity contribution >= 4 is 5.97 Å².